The molecule has 8 aromatic carbocycles. The summed E-state index contributed by atoms with van der Waals surface area (Å²) in [6, 6.07) is 16.8. The first-order valence-corrected chi connectivity index (χ1v) is 13.7. The van der Waals surface area contributed by atoms with E-state index < -0.39 is 66.5 Å². The van der Waals surface area contributed by atoms with Crippen LogP contribution in [0.15, 0.2) is 162 Å². The summed E-state index contributed by atoms with van der Waals surface area (Å²) in [7, 11) is 0. The Bertz CT molecular complexity index is 3230. The lowest BCUT2D eigenvalue weighted by Crippen LogP contribution is -1.92. The molecule has 0 spiro atoms. The molecular weight excluding hydrogens is 520 g/mol. The van der Waals surface area contributed by atoms with Crippen molar-refractivity contribution in [3.8, 4) is 33.4 Å². The van der Waals surface area contributed by atoms with Gasteiger partial charge in [-0.05, 0) is 90.0 Å². The summed E-state index contributed by atoms with van der Waals surface area (Å²) in [4.78, 5) is 0. The predicted octanol–water partition coefficient (Wildman–Crippen LogP) is 12.0. The van der Waals surface area contributed by atoms with Crippen LogP contribution in [0.4, 0.5) is 0 Å². The molecule has 0 aliphatic heterocycles. The van der Waals surface area contributed by atoms with Crippen molar-refractivity contribution in [2.75, 3.05) is 0 Å². The van der Waals surface area contributed by atoms with Crippen molar-refractivity contribution in [2.45, 2.75) is 0 Å². The average Bonchev–Trinajstić information content (AvgIpc) is 3.57. The number of furan rings is 1. The molecule has 0 radical (unpaired) electrons. The lowest BCUT2D eigenvalue weighted by atomic mass is 9.84. The zero-order valence-corrected chi connectivity index (χ0v) is 22.4. The van der Waals surface area contributed by atoms with Crippen molar-refractivity contribution in [1.29, 1.82) is 0 Å². The van der Waals surface area contributed by atoms with Crippen LogP contribution in [0, 0.1) is 0 Å². The summed E-state index contributed by atoms with van der Waals surface area (Å²) in [6.45, 7) is 0. The monoisotopic (exact) mass is 559 g/mol. The molecule has 0 saturated heterocycles. The molecule has 1 nitrogen and oxygen atoms in total. The first-order valence-electron chi connectivity index (χ1n) is 20.2. The molecule has 0 amide bonds. The maximum absolute atomic E-state index is 9.32. The summed E-state index contributed by atoms with van der Waals surface area (Å²) in [6.07, 6.45) is 0. The van der Waals surface area contributed by atoms with E-state index in [-0.39, 0.29) is 55.5 Å². The summed E-state index contributed by atoms with van der Waals surface area (Å²) < 4.78 is 121. The highest BCUT2D eigenvalue weighted by molar-refractivity contribution is 6.23. The minimum atomic E-state index is -0.653. The Hall–Kier alpha value is -5.66. The minimum absolute atomic E-state index is 0.00961. The van der Waals surface area contributed by atoms with Gasteiger partial charge in [-0.25, -0.2) is 0 Å². The average molecular weight is 560 g/mol. The first-order chi connectivity index (χ1) is 26.7. The number of hydrogen-bond donors (Lipinski definition) is 0. The standard InChI is InChI=1S/C42H26O/c1-2-15-31-27(11-1)12-10-21-34(31)42-37-19-5-3-17-35(37)41(36-18-4-6-20-38(36)42)30-14-9-13-28(25-30)29-23-24-33-32-16-7-8-22-39(32)43-40(33)26-29/h1-26H/i1D,2D,3D,4D,5D,6D,10D,11D,12D,15D,17D,19D,21D. The molecule has 0 N–H and O–H groups in total. The maximum Gasteiger partial charge on any atom is 0.136 e. The van der Waals surface area contributed by atoms with Crippen LogP contribution in [0.3, 0.4) is 0 Å². The molecule has 1 heterocycles. The van der Waals surface area contributed by atoms with Crippen molar-refractivity contribution >= 4 is 54.3 Å². The Balaban J connectivity index is 1.46. The number of benzene rings is 8. The summed E-state index contributed by atoms with van der Waals surface area (Å²) in [5, 5.41) is 1.66. The van der Waals surface area contributed by atoms with E-state index in [2.05, 4.69) is 0 Å². The van der Waals surface area contributed by atoms with E-state index in [1.807, 2.05) is 54.6 Å². The third-order valence-corrected chi connectivity index (χ3v) is 7.96. The van der Waals surface area contributed by atoms with E-state index >= 15 is 0 Å². The van der Waals surface area contributed by atoms with Gasteiger partial charge in [-0.3, -0.25) is 0 Å². The smallest absolute Gasteiger partial charge is 0.136 e. The van der Waals surface area contributed by atoms with E-state index in [1.54, 1.807) is 12.1 Å². The van der Waals surface area contributed by atoms with Crippen molar-refractivity contribution in [1.82, 2.24) is 0 Å². The summed E-state index contributed by atoms with van der Waals surface area (Å²) in [5.74, 6) is 0. The van der Waals surface area contributed by atoms with Crippen LogP contribution in [0.2, 0.25) is 0 Å². The molecular formula is C42H26O. The molecule has 200 valence electrons. The zero-order chi connectivity index (χ0) is 39.6. The van der Waals surface area contributed by atoms with Gasteiger partial charge in [0.1, 0.15) is 11.2 Å². The van der Waals surface area contributed by atoms with Crippen molar-refractivity contribution in [3.05, 3.63) is 157 Å². The second-order valence-electron chi connectivity index (χ2n) is 10.3. The van der Waals surface area contributed by atoms with Crippen LogP contribution in [-0.2, 0) is 0 Å². The molecule has 9 rings (SSSR count). The maximum atomic E-state index is 9.32. The number of para-hydroxylation sites is 1. The van der Waals surface area contributed by atoms with Crippen LogP contribution >= 0.6 is 0 Å². The second-order valence-corrected chi connectivity index (χ2v) is 10.3. The van der Waals surface area contributed by atoms with E-state index in [0.717, 1.165) is 27.5 Å². The van der Waals surface area contributed by atoms with Gasteiger partial charge >= 0.3 is 0 Å². The number of hydrogen-bond acceptors (Lipinski definition) is 1. The molecule has 0 saturated carbocycles. The van der Waals surface area contributed by atoms with Crippen LogP contribution in [0.1, 0.15) is 17.8 Å². The van der Waals surface area contributed by atoms with E-state index in [1.165, 1.54) is 12.1 Å². The molecule has 0 atom stereocenters. The van der Waals surface area contributed by atoms with Crippen LogP contribution < -0.4 is 0 Å². The highest BCUT2D eigenvalue weighted by Crippen LogP contribution is 2.45. The van der Waals surface area contributed by atoms with Crippen molar-refractivity contribution in [3.63, 3.8) is 0 Å². The van der Waals surface area contributed by atoms with Gasteiger partial charge in [-0.15, -0.1) is 0 Å². The molecule has 0 fully saturated rings. The minimum Gasteiger partial charge on any atom is -0.456 e. The third-order valence-electron chi connectivity index (χ3n) is 7.96. The topological polar surface area (TPSA) is 13.1 Å². The fourth-order valence-electron chi connectivity index (χ4n) is 6.07. The Labute approximate surface area is 267 Å². The molecule has 9 aromatic rings. The van der Waals surface area contributed by atoms with Gasteiger partial charge in [-0.1, -0.05) is 133 Å². The normalized spacial score (nSPS) is 16.0. The largest absolute Gasteiger partial charge is 0.456 e. The molecule has 43 heavy (non-hydrogen) atoms. The Morgan fingerprint density at radius 1 is 0.395 bits per heavy atom. The lowest BCUT2D eigenvalue weighted by molar-refractivity contribution is 0.669. The van der Waals surface area contributed by atoms with Crippen LogP contribution in [-0.4, -0.2) is 0 Å². The van der Waals surface area contributed by atoms with Crippen molar-refractivity contribution in [2.24, 2.45) is 0 Å². The van der Waals surface area contributed by atoms with Gasteiger partial charge in [0, 0.05) is 10.8 Å². The highest BCUT2D eigenvalue weighted by Gasteiger charge is 2.18. The zero-order valence-electron chi connectivity index (χ0n) is 35.4. The SMILES string of the molecule is [2H]c1cc2c(-c3cccc(-c4ccc5c(c4)oc4ccccc45)c3)c3c([2H])c([2H])c([2H])c([2H])c3c(-c3c([2H])c([2H])c([2H])c4c([2H])c([2H])c([2H])c([2H])c34)c2cc1[2H]. The first kappa shape index (κ1) is 14.5. The van der Waals surface area contributed by atoms with Gasteiger partial charge in [0.15, 0.2) is 0 Å². The third kappa shape index (κ3) is 3.72. The second kappa shape index (κ2) is 9.44. The van der Waals surface area contributed by atoms with Gasteiger partial charge < -0.3 is 4.42 Å². The van der Waals surface area contributed by atoms with Crippen molar-refractivity contribution < 1.29 is 22.2 Å². The Morgan fingerprint density at radius 2 is 1.07 bits per heavy atom. The molecule has 0 bridgehead atoms. The fraction of sp³-hybridized carbons (Fsp3) is 0. The molecule has 1 heteroatoms. The molecule has 0 unspecified atom stereocenters. The van der Waals surface area contributed by atoms with Gasteiger partial charge in [0.2, 0.25) is 0 Å². The number of rotatable bonds is 3. The van der Waals surface area contributed by atoms with Crippen LogP contribution in [0.5, 0.6) is 0 Å². The fourth-order valence-corrected chi connectivity index (χ4v) is 6.07. The predicted molar refractivity (Wildman–Crippen MR) is 183 cm³/mol. The van der Waals surface area contributed by atoms with Gasteiger partial charge in [0.05, 0.1) is 17.8 Å². The lowest BCUT2D eigenvalue weighted by Gasteiger charge is -2.19. The molecule has 0 aliphatic carbocycles. The molecule has 0 aliphatic rings. The van der Waals surface area contributed by atoms with Crippen LogP contribution in [0.25, 0.3) is 87.6 Å². The van der Waals surface area contributed by atoms with E-state index in [9.17, 15) is 4.11 Å². The summed E-state index contributed by atoms with van der Waals surface area (Å²) >= 11 is 0. The van der Waals surface area contributed by atoms with E-state index in [0.29, 0.717) is 16.7 Å². The van der Waals surface area contributed by atoms with Gasteiger partial charge in [0.25, 0.3) is 0 Å². The van der Waals surface area contributed by atoms with Gasteiger partial charge in [-0.2, -0.15) is 0 Å². The molecule has 1 aromatic heterocycles. The highest BCUT2D eigenvalue weighted by atomic mass is 16.3. The number of fused-ring (bicyclic) bond motifs is 6. The quantitative estimate of drug-likeness (QED) is 0.196. The Kier molecular flexibility index (Phi) is 3.18. The van der Waals surface area contributed by atoms with E-state index in [4.69, 9.17) is 18.1 Å². The summed E-state index contributed by atoms with van der Waals surface area (Å²) in [5.41, 5.74) is 3.48. The Morgan fingerprint density at radius 3 is 1.95 bits per heavy atom.